The predicted octanol–water partition coefficient (Wildman–Crippen LogP) is 0.599. The van der Waals surface area contributed by atoms with E-state index in [0.717, 1.165) is 45.4 Å². The van der Waals surface area contributed by atoms with Crippen LogP contribution in [-0.4, -0.2) is 60.4 Å². The van der Waals surface area contributed by atoms with Gasteiger partial charge in [0.1, 0.15) is 0 Å². The molecule has 1 N–H and O–H groups in total. The Kier molecular flexibility index (Phi) is 5.19. The maximum atomic E-state index is 12.3. The van der Waals surface area contributed by atoms with Gasteiger partial charge in [-0.1, -0.05) is 12.8 Å². The molecular formula is C14H25N3O2. The van der Waals surface area contributed by atoms with Gasteiger partial charge in [-0.25, -0.2) is 0 Å². The molecule has 0 bridgehead atoms. The molecule has 0 aromatic heterocycles. The molecule has 2 aliphatic heterocycles. The number of carbonyl (C=O) groups is 2. The zero-order valence-corrected chi connectivity index (χ0v) is 11.9. The molecule has 2 amide bonds. The van der Waals surface area contributed by atoms with E-state index in [-0.39, 0.29) is 18.4 Å². The minimum Gasteiger partial charge on any atom is -0.338 e. The Morgan fingerprint density at radius 2 is 2.05 bits per heavy atom. The van der Waals surface area contributed by atoms with E-state index in [2.05, 4.69) is 12.2 Å². The Bertz CT molecular complexity index is 333. The highest BCUT2D eigenvalue weighted by atomic mass is 16.2. The van der Waals surface area contributed by atoms with Crippen molar-refractivity contribution >= 4 is 11.8 Å². The number of hydrogen-bond donors (Lipinski definition) is 1. The summed E-state index contributed by atoms with van der Waals surface area (Å²) >= 11 is 0. The molecule has 5 heteroatoms. The summed E-state index contributed by atoms with van der Waals surface area (Å²) in [7, 11) is 0. The second kappa shape index (κ2) is 6.89. The van der Waals surface area contributed by atoms with Gasteiger partial charge >= 0.3 is 0 Å². The van der Waals surface area contributed by atoms with Crippen LogP contribution in [0.15, 0.2) is 0 Å². The zero-order valence-electron chi connectivity index (χ0n) is 11.9. The van der Waals surface area contributed by atoms with Gasteiger partial charge in [-0.15, -0.1) is 0 Å². The fourth-order valence-electron chi connectivity index (χ4n) is 2.80. The fourth-order valence-corrected chi connectivity index (χ4v) is 2.80. The number of amides is 2. The summed E-state index contributed by atoms with van der Waals surface area (Å²) in [5, 5.41) is 3.32. The van der Waals surface area contributed by atoms with Gasteiger partial charge in [-0.3, -0.25) is 9.59 Å². The number of piperazine rings is 1. The highest BCUT2D eigenvalue weighted by Crippen LogP contribution is 2.12. The first-order valence-electron chi connectivity index (χ1n) is 7.46. The average Bonchev–Trinajstić information content (AvgIpc) is 2.38. The maximum Gasteiger partial charge on any atom is 0.242 e. The Morgan fingerprint density at radius 3 is 2.84 bits per heavy atom. The van der Waals surface area contributed by atoms with Crippen molar-refractivity contribution in [3.8, 4) is 0 Å². The molecule has 0 radical (unpaired) electrons. The standard InChI is InChI=1S/C14H25N3O2/c1-12-10-17(9-7-15-12)14(19)11-16-8-5-3-2-4-6-13(16)18/h12,15H,2-11H2,1H3. The second-order valence-electron chi connectivity index (χ2n) is 5.67. The minimum atomic E-state index is 0.0993. The van der Waals surface area contributed by atoms with E-state index >= 15 is 0 Å². The van der Waals surface area contributed by atoms with Gasteiger partial charge in [0.2, 0.25) is 11.8 Å². The topological polar surface area (TPSA) is 52.7 Å². The molecule has 2 rings (SSSR count). The molecule has 0 aliphatic carbocycles. The number of rotatable bonds is 2. The molecule has 2 aliphatic rings. The van der Waals surface area contributed by atoms with E-state index in [1.807, 2.05) is 4.90 Å². The maximum absolute atomic E-state index is 12.3. The van der Waals surface area contributed by atoms with Crippen molar-refractivity contribution in [3.05, 3.63) is 0 Å². The van der Waals surface area contributed by atoms with Crippen molar-refractivity contribution in [1.29, 1.82) is 0 Å². The molecule has 2 fully saturated rings. The quantitative estimate of drug-likeness (QED) is 0.797. The molecule has 108 valence electrons. The minimum absolute atomic E-state index is 0.0993. The van der Waals surface area contributed by atoms with Crippen LogP contribution in [0.1, 0.15) is 39.0 Å². The largest absolute Gasteiger partial charge is 0.338 e. The van der Waals surface area contributed by atoms with Crippen LogP contribution in [-0.2, 0) is 9.59 Å². The summed E-state index contributed by atoms with van der Waals surface area (Å²) in [6.45, 7) is 5.45. The van der Waals surface area contributed by atoms with Crippen LogP contribution < -0.4 is 5.32 Å². The van der Waals surface area contributed by atoms with Crippen LogP contribution >= 0.6 is 0 Å². The molecule has 5 nitrogen and oxygen atoms in total. The number of hydrogen-bond acceptors (Lipinski definition) is 3. The highest BCUT2D eigenvalue weighted by Gasteiger charge is 2.24. The summed E-state index contributed by atoms with van der Waals surface area (Å²) in [5.74, 6) is 0.249. The van der Waals surface area contributed by atoms with Gasteiger partial charge in [0.25, 0.3) is 0 Å². The van der Waals surface area contributed by atoms with E-state index in [1.165, 1.54) is 6.42 Å². The molecule has 0 aromatic rings. The lowest BCUT2D eigenvalue weighted by Crippen LogP contribution is -2.54. The summed E-state index contributed by atoms with van der Waals surface area (Å²) in [6.07, 6.45) is 4.90. The fraction of sp³-hybridized carbons (Fsp3) is 0.857. The average molecular weight is 267 g/mol. The molecule has 19 heavy (non-hydrogen) atoms. The second-order valence-corrected chi connectivity index (χ2v) is 5.67. The lowest BCUT2D eigenvalue weighted by atomic mass is 10.1. The number of nitrogens with one attached hydrogen (secondary N) is 1. The third-order valence-corrected chi connectivity index (χ3v) is 3.97. The van der Waals surface area contributed by atoms with Gasteiger partial charge in [-0.05, 0) is 19.8 Å². The molecule has 1 atom stereocenters. The summed E-state index contributed by atoms with van der Waals surface area (Å²) in [5.41, 5.74) is 0. The molecule has 0 saturated carbocycles. The van der Waals surface area contributed by atoms with E-state index in [4.69, 9.17) is 0 Å². The molecule has 1 unspecified atom stereocenters. The lowest BCUT2D eigenvalue weighted by molar-refractivity contribution is -0.141. The Balaban J connectivity index is 1.87. The van der Waals surface area contributed by atoms with Gasteiger partial charge in [0.05, 0.1) is 6.54 Å². The van der Waals surface area contributed by atoms with Gasteiger partial charge in [0.15, 0.2) is 0 Å². The third kappa shape index (κ3) is 4.20. The Labute approximate surface area is 115 Å². The first-order chi connectivity index (χ1) is 9.16. The van der Waals surface area contributed by atoms with Crippen LogP contribution in [0.2, 0.25) is 0 Å². The Hall–Kier alpha value is -1.10. The van der Waals surface area contributed by atoms with E-state index < -0.39 is 0 Å². The first kappa shape index (κ1) is 14.3. The highest BCUT2D eigenvalue weighted by molar-refractivity contribution is 5.85. The van der Waals surface area contributed by atoms with Crippen LogP contribution in [0, 0.1) is 0 Å². The molecular weight excluding hydrogens is 242 g/mol. The Morgan fingerprint density at radius 1 is 1.26 bits per heavy atom. The van der Waals surface area contributed by atoms with Crippen LogP contribution in [0.25, 0.3) is 0 Å². The van der Waals surface area contributed by atoms with E-state index in [1.54, 1.807) is 4.90 Å². The molecule has 2 saturated heterocycles. The molecule has 2 heterocycles. The predicted molar refractivity (Wildman–Crippen MR) is 73.7 cm³/mol. The van der Waals surface area contributed by atoms with Crippen LogP contribution in [0.5, 0.6) is 0 Å². The van der Waals surface area contributed by atoms with Crippen LogP contribution in [0.3, 0.4) is 0 Å². The van der Waals surface area contributed by atoms with Crippen molar-refractivity contribution in [2.45, 2.75) is 45.1 Å². The van der Waals surface area contributed by atoms with Crippen LogP contribution in [0.4, 0.5) is 0 Å². The summed E-state index contributed by atoms with van der Waals surface area (Å²) in [6, 6.07) is 0.348. The monoisotopic (exact) mass is 267 g/mol. The number of nitrogens with zero attached hydrogens (tertiary/aromatic N) is 2. The zero-order chi connectivity index (χ0) is 13.7. The summed E-state index contributed by atoms with van der Waals surface area (Å²) in [4.78, 5) is 27.9. The normalized spacial score (nSPS) is 25.9. The third-order valence-electron chi connectivity index (χ3n) is 3.97. The van der Waals surface area contributed by atoms with Crippen molar-refractivity contribution in [1.82, 2.24) is 15.1 Å². The van der Waals surface area contributed by atoms with E-state index in [0.29, 0.717) is 12.5 Å². The van der Waals surface area contributed by atoms with E-state index in [9.17, 15) is 9.59 Å². The SMILES string of the molecule is CC1CN(C(=O)CN2CCCCCCC2=O)CCN1. The summed E-state index contributed by atoms with van der Waals surface area (Å²) < 4.78 is 0. The smallest absolute Gasteiger partial charge is 0.242 e. The lowest BCUT2D eigenvalue weighted by Gasteiger charge is -2.34. The van der Waals surface area contributed by atoms with Crippen molar-refractivity contribution in [2.75, 3.05) is 32.7 Å². The van der Waals surface area contributed by atoms with Gasteiger partial charge in [-0.2, -0.15) is 0 Å². The number of likely N-dealkylation sites (tertiary alicyclic amines) is 1. The first-order valence-corrected chi connectivity index (χ1v) is 7.46. The van der Waals surface area contributed by atoms with Crippen molar-refractivity contribution in [2.24, 2.45) is 0 Å². The molecule has 0 aromatic carbocycles. The van der Waals surface area contributed by atoms with Crippen molar-refractivity contribution in [3.63, 3.8) is 0 Å². The number of carbonyl (C=O) groups excluding carboxylic acids is 2. The van der Waals surface area contributed by atoms with Gasteiger partial charge in [0, 0.05) is 38.6 Å². The van der Waals surface area contributed by atoms with Crippen molar-refractivity contribution < 1.29 is 9.59 Å². The molecule has 0 spiro atoms. The van der Waals surface area contributed by atoms with Gasteiger partial charge < -0.3 is 15.1 Å².